The maximum Gasteiger partial charge on any atom is 0.320 e. The van der Waals surface area contributed by atoms with Crippen molar-refractivity contribution in [3.8, 4) is 11.8 Å². The fourth-order valence-corrected chi connectivity index (χ4v) is 4.20. The van der Waals surface area contributed by atoms with Crippen molar-refractivity contribution in [2.75, 3.05) is 0 Å². The number of fused-ring (bicyclic) bond motifs is 1. The molecule has 0 saturated carbocycles. The second kappa shape index (κ2) is 8.80. The Balaban J connectivity index is 1.62. The van der Waals surface area contributed by atoms with Crippen molar-refractivity contribution in [2.45, 2.75) is 26.0 Å². The lowest BCUT2D eigenvalue weighted by Crippen LogP contribution is -2.17. The molecule has 0 aliphatic rings. The molecule has 162 valence electrons. The first-order chi connectivity index (χ1) is 15.4. The molecule has 2 heterocycles. The standard InChI is InChI=1S/C22H15F3N4O2S/c1-12-20(32-18(27-12)11-31-14-8-6-13(23)7-9-14)19(30)15(10-26)21-28-16-4-2-3-5-17(16)29(21)22(24)25/h2-9,15,22H,11H2,1H3. The van der Waals surface area contributed by atoms with Crippen LogP contribution < -0.4 is 4.74 Å². The molecule has 2 aromatic heterocycles. The lowest BCUT2D eigenvalue weighted by atomic mass is 10.0. The van der Waals surface area contributed by atoms with E-state index in [9.17, 15) is 23.2 Å². The maximum absolute atomic E-state index is 13.8. The number of hydrogen-bond acceptors (Lipinski definition) is 6. The number of carbonyl (C=O) groups excluding carboxylic acids is 1. The fourth-order valence-electron chi connectivity index (χ4n) is 3.26. The number of halogens is 3. The minimum atomic E-state index is -2.97. The van der Waals surface area contributed by atoms with Gasteiger partial charge in [-0.2, -0.15) is 14.0 Å². The van der Waals surface area contributed by atoms with E-state index >= 15 is 0 Å². The van der Waals surface area contributed by atoms with Crippen LogP contribution >= 0.6 is 11.3 Å². The molecule has 32 heavy (non-hydrogen) atoms. The number of carbonyl (C=O) groups is 1. The lowest BCUT2D eigenvalue weighted by molar-refractivity contribution is 0.0701. The highest BCUT2D eigenvalue weighted by Crippen LogP contribution is 2.31. The third-order valence-corrected chi connectivity index (χ3v) is 5.85. The number of ketones is 1. The molecule has 1 atom stereocenters. The van der Waals surface area contributed by atoms with E-state index in [1.54, 1.807) is 25.1 Å². The van der Waals surface area contributed by atoms with Crippen LogP contribution in [-0.2, 0) is 6.61 Å². The zero-order chi connectivity index (χ0) is 22.8. The van der Waals surface area contributed by atoms with E-state index in [0.29, 0.717) is 21.0 Å². The average Bonchev–Trinajstić information content (AvgIpc) is 3.34. The minimum absolute atomic E-state index is 0.0250. The van der Waals surface area contributed by atoms with E-state index in [1.807, 2.05) is 6.07 Å². The van der Waals surface area contributed by atoms with Crippen LogP contribution in [0.25, 0.3) is 11.0 Å². The monoisotopic (exact) mass is 456 g/mol. The van der Waals surface area contributed by atoms with Crippen molar-refractivity contribution in [3.05, 3.63) is 75.8 Å². The number of para-hydroxylation sites is 2. The van der Waals surface area contributed by atoms with Crippen molar-refractivity contribution in [2.24, 2.45) is 0 Å². The van der Waals surface area contributed by atoms with E-state index in [-0.39, 0.29) is 28.3 Å². The Bertz CT molecular complexity index is 1330. The molecule has 0 bridgehead atoms. The van der Waals surface area contributed by atoms with Gasteiger partial charge in [0.1, 0.15) is 29.0 Å². The van der Waals surface area contributed by atoms with Crippen LogP contribution in [0.3, 0.4) is 0 Å². The predicted octanol–water partition coefficient (Wildman–Crippen LogP) is 5.40. The van der Waals surface area contributed by atoms with Crippen LogP contribution in [0.2, 0.25) is 0 Å². The molecular weight excluding hydrogens is 441 g/mol. The smallest absolute Gasteiger partial charge is 0.320 e. The Morgan fingerprint density at radius 1 is 1.19 bits per heavy atom. The van der Waals surface area contributed by atoms with Gasteiger partial charge in [0.15, 0.2) is 11.7 Å². The molecule has 0 aliphatic heterocycles. The van der Waals surface area contributed by atoms with Gasteiger partial charge in [0.25, 0.3) is 0 Å². The summed E-state index contributed by atoms with van der Waals surface area (Å²) < 4.78 is 46.7. The summed E-state index contributed by atoms with van der Waals surface area (Å²) in [5.41, 5.74) is 0.767. The molecule has 4 aromatic rings. The quantitative estimate of drug-likeness (QED) is 0.348. The number of imidazole rings is 1. The SMILES string of the molecule is Cc1nc(COc2ccc(F)cc2)sc1C(=O)C(C#N)c1nc2ccccc2n1C(F)F. The largest absolute Gasteiger partial charge is 0.486 e. The van der Waals surface area contributed by atoms with Crippen LogP contribution in [0.4, 0.5) is 13.2 Å². The van der Waals surface area contributed by atoms with Gasteiger partial charge in [0.2, 0.25) is 0 Å². The van der Waals surface area contributed by atoms with Crippen LogP contribution in [0.1, 0.15) is 38.7 Å². The minimum Gasteiger partial charge on any atom is -0.486 e. The van der Waals surface area contributed by atoms with Gasteiger partial charge in [-0.15, -0.1) is 11.3 Å². The number of benzene rings is 2. The molecule has 1 unspecified atom stereocenters. The molecular formula is C22H15F3N4O2S. The Hall–Kier alpha value is -3.71. The highest BCUT2D eigenvalue weighted by Gasteiger charge is 2.32. The second-order valence-electron chi connectivity index (χ2n) is 6.80. The third-order valence-electron chi connectivity index (χ3n) is 4.71. The average molecular weight is 456 g/mol. The van der Waals surface area contributed by atoms with Gasteiger partial charge in [-0.05, 0) is 43.3 Å². The van der Waals surface area contributed by atoms with Gasteiger partial charge in [0.05, 0.1) is 27.7 Å². The second-order valence-corrected chi connectivity index (χ2v) is 7.88. The lowest BCUT2D eigenvalue weighted by Gasteiger charge is -2.11. The normalized spacial score (nSPS) is 12.1. The number of hydrogen-bond donors (Lipinski definition) is 0. The first-order valence-electron chi connectivity index (χ1n) is 9.42. The summed E-state index contributed by atoms with van der Waals surface area (Å²) in [4.78, 5) is 21.7. The molecule has 10 heteroatoms. The van der Waals surface area contributed by atoms with Gasteiger partial charge >= 0.3 is 6.55 Å². The van der Waals surface area contributed by atoms with Crippen molar-refractivity contribution in [1.82, 2.24) is 14.5 Å². The van der Waals surface area contributed by atoms with E-state index in [1.165, 1.54) is 30.3 Å². The molecule has 0 N–H and O–H groups in total. The highest BCUT2D eigenvalue weighted by molar-refractivity contribution is 7.13. The van der Waals surface area contributed by atoms with Crippen LogP contribution in [0.15, 0.2) is 48.5 Å². The van der Waals surface area contributed by atoms with Crippen molar-refractivity contribution in [1.29, 1.82) is 5.26 Å². The van der Waals surface area contributed by atoms with E-state index < -0.39 is 24.1 Å². The van der Waals surface area contributed by atoms with Gasteiger partial charge in [-0.3, -0.25) is 9.36 Å². The molecule has 0 radical (unpaired) electrons. The fraction of sp³-hybridized carbons (Fsp3) is 0.182. The molecule has 2 aromatic carbocycles. The molecule has 0 saturated heterocycles. The van der Waals surface area contributed by atoms with Gasteiger partial charge < -0.3 is 4.74 Å². The van der Waals surface area contributed by atoms with Crippen molar-refractivity contribution < 1.29 is 22.7 Å². The van der Waals surface area contributed by atoms with Crippen LogP contribution in [-0.4, -0.2) is 20.3 Å². The number of alkyl halides is 2. The number of nitriles is 1. The van der Waals surface area contributed by atoms with Gasteiger partial charge in [-0.25, -0.2) is 14.4 Å². The first-order valence-corrected chi connectivity index (χ1v) is 10.2. The van der Waals surface area contributed by atoms with Gasteiger partial charge in [0, 0.05) is 0 Å². The molecule has 0 aliphatic carbocycles. The number of ether oxygens (including phenoxy) is 1. The van der Waals surface area contributed by atoms with E-state index in [4.69, 9.17) is 4.74 Å². The van der Waals surface area contributed by atoms with E-state index in [2.05, 4.69) is 9.97 Å². The zero-order valence-corrected chi connectivity index (χ0v) is 17.4. The Morgan fingerprint density at radius 2 is 1.91 bits per heavy atom. The van der Waals surface area contributed by atoms with Gasteiger partial charge in [-0.1, -0.05) is 12.1 Å². The number of nitrogens with zero attached hydrogens (tertiary/aromatic N) is 4. The Kier molecular flexibility index (Phi) is 5.92. The number of rotatable bonds is 7. The molecule has 0 amide bonds. The number of Topliss-reactive ketones (excluding diaryl/α,β-unsaturated/α-hetero) is 1. The summed E-state index contributed by atoms with van der Waals surface area (Å²) >= 11 is 1.01. The van der Waals surface area contributed by atoms with Crippen molar-refractivity contribution >= 4 is 28.2 Å². The molecule has 6 nitrogen and oxygen atoms in total. The zero-order valence-electron chi connectivity index (χ0n) is 16.6. The summed E-state index contributed by atoms with van der Waals surface area (Å²) in [5, 5.41) is 10.1. The number of thiazole rings is 1. The van der Waals surface area contributed by atoms with E-state index in [0.717, 1.165) is 11.3 Å². The van der Waals surface area contributed by atoms with Crippen LogP contribution in [0, 0.1) is 24.1 Å². The summed E-state index contributed by atoms with van der Waals surface area (Å²) in [6.45, 7) is -1.35. The predicted molar refractivity (Wildman–Crippen MR) is 111 cm³/mol. The molecule has 4 rings (SSSR count). The number of aryl methyl sites for hydroxylation is 1. The third kappa shape index (κ3) is 4.07. The summed E-state index contributed by atoms with van der Waals surface area (Å²) in [6.07, 6.45) is 0. The summed E-state index contributed by atoms with van der Waals surface area (Å²) in [5.74, 6) is -2.47. The highest BCUT2D eigenvalue weighted by atomic mass is 32.1. The molecule has 0 spiro atoms. The Labute approximate surface area is 184 Å². The van der Waals surface area contributed by atoms with Crippen molar-refractivity contribution in [3.63, 3.8) is 0 Å². The topological polar surface area (TPSA) is 80.8 Å². The first kappa shape index (κ1) is 21.5. The summed E-state index contributed by atoms with van der Waals surface area (Å²) in [6, 6.07) is 13.5. The Morgan fingerprint density at radius 3 is 2.59 bits per heavy atom. The maximum atomic E-state index is 13.8. The van der Waals surface area contributed by atoms with Crippen LogP contribution in [0.5, 0.6) is 5.75 Å². The number of aromatic nitrogens is 3. The summed E-state index contributed by atoms with van der Waals surface area (Å²) in [7, 11) is 0. The molecule has 0 fully saturated rings.